The number of rotatable bonds is 4. The number of hydrogen-bond donors (Lipinski definition) is 2. The van der Waals surface area contributed by atoms with Crippen molar-refractivity contribution in [2.24, 2.45) is 4.99 Å². The Balaban J connectivity index is 0.00000225. The molecule has 0 radical (unpaired) electrons. The van der Waals surface area contributed by atoms with Crippen molar-refractivity contribution < 1.29 is 8.78 Å². The van der Waals surface area contributed by atoms with Crippen LogP contribution in [0.25, 0.3) is 0 Å². The van der Waals surface area contributed by atoms with E-state index in [4.69, 9.17) is 0 Å². The van der Waals surface area contributed by atoms with Gasteiger partial charge in [0.1, 0.15) is 11.6 Å². The van der Waals surface area contributed by atoms with E-state index in [-0.39, 0.29) is 47.6 Å². The fourth-order valence-electron chi connectivity index (χ4n) is 2.78. The van der Waals surface area contributed by atoms with Crippen LogP contribution in [0, 0.1) is 18.6 Å². The molecule has 2 unspecified atom stereocenters. The normalized spacial score (nSPS) is 19.1. The lowest BCUT2D eigenvalue weighted by Crippen LogP contribution is -2.38. The second-order valence-electron chi connectivity index (χ2n) is 6.12. The molecule has 25 heavy (non-hydrogen) atoms. The van der Waals surface area contributed by atoms with Gasteiger partial charge in [-0.1, -0.05) is 30.3 Å². The van der Waals surface area contributed by atoms with Crippen molar-refractivity contribution in [3.05, 3.63) is 70.8 Å². The van der Waals surface area contributed by atoms with Gasteiger partial charge in [-0.15, -0.1) is 24.0 Å². The summed E-state index contributed by atoms with van der Waals surface area (Å²) in [6.45, 7) is 2.22. The molecular formula is C19H22F2IN3. The van der Waals surface area contributed by atoms with Crippen LogP contribution < -0.4 is 10.6 Å². The van der Waals surface area contributed by atoms with Crippen molar-refractivity contribution in [3.63, 3.8) is 0 Å². The smallest absolute Gasteiger partial charge is 0.191 e. The fourth-order valence-corrected chi connectivity index (χ4v) is 2.78. The molecule has 0 aliphatic heterocycles. The second-order valence-corrected chi connectivity index (χ2v) is 6.12. The number of halogens is 3. The zero-order valence-electron chi connectivity index (χ0n) is 14.2. The van der Waals surface area contributed by atoms with Crippen molar-refractivity contribution in [2.45, 2.75) is 31.8 Å². The molecule has 2 aromatic carbocycles. The van der Waals surface area contributed by atoms with E-state index in [1.54, 1.807) is 26.1 Å². The molecule has 0 saturated heterocycles. The van der Waals surface area contributed by atoms with Gasteiger partial charge in [-0.25, -0.2) is 8.78 Å². The first-order valence-electron chi connectivity index (χ1n) is 8.05. The predicted octanol–water partition coefficient (Wildman–Crippen LogP) is 4.11. The van der Waals surface area contributed by atoms with E-state index in [0.717, 1.165) is 17.5 Å². The number of nitrogens with one attached hydrogen (secondary N) is 2. The Morgan fingerprint density at radius 2 is 1.92 bits per heavy atom. The highest BCUT2D eigenvalue weighted by atomic mass is 127. The molecule has 2 atom stereocenters. The molecule has 1 fully saturated rings. The highest BCUT2D eigenvalue weighted by Gasteiger charge is 2.40. The summed E-state index contributed by atoms with van der Waals surface area (Å²) in [5.41, 5.74) is 2.22. The molecule has 1 saturated carbocycles. The van der Waals surface area contributed by atoms with Gasteiger partial charge < -0.3 is 10.6 Å². The molecule has 2 aromatic rings. The van der Waals surface area contributed by atoms with Crippen LogP contribution in [0.1, 0.15) is 29.0 Å². The fraction of sp³-hybridized carbons (Fsp3) is 0.316. The minimum absolute atomic E-state index is 0. The van der Waals surface area contributed by atoms with Crippen LogP contribution in [-0.2, 0) is 6.54 Å². The van der Waals surface area contributed by atoms with E-state index in [2.05, 4.69) is 15.6 Å². The summed E-state index contributed by atoms with van der Waals surface area (Å²) in [6, 6.07) is 12.2. The van der Waals surface area contributed by atoms with E-state index in [0.29, 0.717) is 18.1 Å². The van der Waals surface area contributed by atoms with Crippen molar-refractivity contribution >= 4 is 29.9 Å². The summed E-state index contributed by atoms with van der Waals surface area (Å²) in [7, 11) is 1.69. The number of benzene rings is 2. The van der Waals surface area contributed by atoms with E-state index >= 15 is 0 Å². The lowest BCUT2D eigenvalue weighted by Gasteiger charge is -2.12. The molecule has 0 amide bonds. The molecule has 2 N–H and O–H groups in total. The maximum Gasteiger partial charge on any atom is 0.191 e. The van der Waals surface area contributed by atoms with Crippen molar-refractivity contribution in [1.29, 1.82) is 0 Å². The lowest BCUT2D eigenvalue weighted by atomic mass is 10.1. The topological polar surface area (TPSA) is 36.4 Å². The van der Waals surface area contributed by atoms with Crippen LogP contribution in [-0.4, -0.2) is 19.0 Å². The first-order chi connectivity index (χ1) is 11.6. The zero-order valence-corrected chi connectivity index (χ0v) is 16.6. The van der Waals surface area contributed by atoms with Crippen LogP contribution in [0.2, 0.25) is 0 Å². The molecule has 3 rings (SSSR count). The molecule has 1 aliphatic carbocycles. The van der Waals surface area contributed by atoms with Crippen molar-refractivity contribution in [3.8, 4) is 0 Å². The minimum atomic E-state index is -0.209. The van der Waals surface area contributed by atoms with E-state index in [1.165, 1.54) is 12.1 Å². The van der Waals surface area contributed by atoms with Gasteiger partial charge in [-0.05, 0) is 42.2 Å². The highest BCUT2D eigenvalue weighted by Crippen LogP contribution is 2.41. The highest BCUT2D eigenvalue weighted by molar-refractivity contribution is 14.0. The van der Waals surface area contributed by atoms with Crippen LogP contribution in [0.3, 0.4) is 0 Å². The van der Waals surface area contributed by atoms with Gasteiger partial charge in [0.05, 0.1) is 0 Å². The molecule has 0 bridgehead atoms. The molecular weight excluding hydrogens is 435 g/mol. The Morgan fingerprint density at radius 1 is 1.16 bits per heavy atom. The second kappa shape index (κ2) is 8.60. The number of aliphatic imine (C=N–C) groups is 1. The standard InChI is InChI=1S/C19H21F2N3.HI/c1-12-7-8-13(9-17(12)21)11-23-19(22-2)24-18-10-15(18)14-5-3-4-6-16(14)20;/h3-9,15,18H,10-11H2,1-2H3,(H2,22,23,24);1H. The SMILES string of the molecule is CN=C(NCc1ccc(C)c(F)c1)NC1CC1c1ccccc1F.I. The van der Waals surface area contributed by atoms with E-state index in [1.807, 2.05) is 18.2 Å². The summed E-state index contributed by atoms with van der Waals surface area (Å²) in [5.74, 6) is 0.435. The largest absolute Gasteiger partial charge is 0.353 e. The van der Waals surface area contributed by atoms with Gasteiger partial charge in [0.2, 0.25) is 0 Å². The molecule has 0 heterocycles. The van der Waals surface area contributed by atoms with Crippen molar-refractivity contribution in [1.82, 2.24) is 10.6 Å². The summed E-state index contributed by atoms with van der Waals surface area (Å²) in [6.07, 6.45) is 0.876. The number of hydrogen-bond acceptors (Lipinski definition) is 1. The average molecular weight is 457 g/mol. The Bertz CT molecular complexity index is 764. The third-order valence-corrected chi connectivity index (χ3v) is 4.34. The maximum atomic E-state index is 13.8. The number of aryl methyl sites for hydroxylation is 1. The molecule has 0 aromatic heterocycles. The Hall–Kier alpha value is -1.70. The Morgan fingerprint density at radius 3 is 2.60 bits per heavy atom. The Kier molecular flexibility index (Phi) is 6.75. The predicted molar refractivity (Wildman–Crippen MR) is 107 cm³/mol. The third-order valence-electron chi connectivity index (χ3n) is 4.34. The summed E-state index contributed by atoms with van der Waals surface area (Å²) in [5, 5.41) is 6.46. The van der Waals surface area contributed by atoms with Gasteiger partial charge >= 0.3 is 0 Å². The summed E-state index contributed by atoms with van der Waals surface area (Å²) in [4.78, 5) is 4.18. The van der Waals surface area contributed by atoms with Crippen LogP contribution >= 0.6 is 24.0 Å². The van der Waals surface area contributed by atoms with Gasteiger partial charge in [-0.3, -0.25) is 4.99 Å². The summed E-state index contributed by atoms with van der Waals surface area (Å²) < 4.78 is 27.4. The average Bonchev–Trinajstić information content (AvgIpc) is 3.34. The minimum Gasteiger partial charge on any atom is -0.353 e. The molecule has 3 nitrogen and oxygen atoms in total. The van der Waals surface area contributed by atoms with Gasteiger partial charge in [0.15, 0.2) is 5.96 Å². The van der Waals surface area contributed by atoms with Crippen LogP contribution in [0.15, 0.2) is 47.5 Å². The molecule has 1 aliphatic rings. The zero-order chi connectivity index (χ0) is 17.1. The molecule has 134 valence electrons. The maximum absolute atomic E-state index is 13.8. The van der Waals surface area contributed by atoms with Gasteiger partial charge in [0.25, 0.3) is 0 Å². The van der Waals surface area contributed by atoms with E-state index in [9.17, 15) is 8.78 Å². The van der Waals surface area contributed by atoms with Crippen LogP contribution in [0.4, 0.5) is 8.78 Å². The Labute approximate surface area is 164 Å². The van der Waals surface area contributed by atoms with Crippen molar-refractivity contribution in [2.75, 3.05) is 7.05 Å². The third kappa shape index (κ3) is 4.90. The number of guanidine groups is 1. The number of nitrogens with zero attached hydrogens (tertiary/aromatic N) is 1. The first-order valence-corrected chi connectivity index (χ1v) is 8.05. The quantitative estimate of drug-likeness (QED) is 0.412. The lowest BCUT2D eigenvalue weighted by molar-refractivity contribution is 0.607. The van der Waals surface area contributed by atoms with Gasteiger partial charge in [0, 0.05) is 25.6 Å². The monoisotopic (exact) mass is 457 g/mol. The summed E-state index contributed by atoms with van der Waals surface area (Å²) >= 11 is 0. The van der Waals surface area contributed by atoms with Gasteiger partial charge in [-0.2, -0.15) is 0 Å². The molecule has 0 spiro atoms. The van der Waals surface area contributed by atoms with E-state index < -0.39 is 0 Å². The van der Waals surface area contributed by atoms with Crippen LogP contribution in [0.5, 0.6) is 0 Å². The molecule has 6 heteroatoms. The first kappa shape index (κ1) is 19.6.